The van der Waals surface area contributed by atoms with Gasteiger partial charge in [0, 0.05) is 0 Å². The van der Waals surface area contributed by atoms with Crippen molar-refractivity contribution in [3.05, 3.63) is 90.0 Å². The first kappa shape index (κ1) is 12.7. The third-order valence-electron chi connectivity index (χ3n) is 3.78. The van der Waals surface area contributed by atoms with Gasteiger partial charge in [-0.2, -0.15) is 0 Å². The molecule has 1 aliphatic rings. The van der Waals surface area contributed by atoms with Gasteiger partial charge in [-0.05, 0) is 40.3 Å². The summed E-state index contributed by atoms with van der Waals surface area (Å²) in [5.41, 5.74) is 4.23. The van der Waals surface area contributed by atoms with Gasteiger partial charge < -0.3 is 0 Å². The smallest absolute Gasteiger partial charge is 0.0120 e. The number of hydrogen-bond donors (Lipinski definition) is 0. The van der Waals surface area contributed by atoms with Crippen LogP contribution in [0.25, 0.3) is 16.8 Å². The predicted octanol–water partition coefficient (Wildman–Crippen LogP) is 5.27. The molecule has 98 valence electrons. The molecule has 0 atom stereocenters. The van der Waals surface area contributed by atoms with Crippen LogP contribution in [0.15, 0.2) is 73.3 Å². The minimum Gasteiger partial charge on any atom is -0.0985 e. The van der Waals surface area contributed by atoms with Gasteiger partial charge in [0.2, 0.25) is 0 Å². The van der Waals surface area contributed by atoms with E-state index in [9.17, 15) is 0 Å². The molecular weight excluding hydrogens is 240 g/mol. The highest BCUT2D eigenvalue weighted by Gasteiger charge is 2.11. The Bertz CT molecular complexity index is 685. The van der Waals surface area contributed by atoms with Crippen LogP contribution in [0.2, 0.25) is 0 Å². The predicted molar refractivity (Wildman–Crippen MR) is 87.9 cm³/mol. The van der Waals surface area contributed by atoms with Gasteiger partial charge >= 0.3 is 0 Å². The molecule has 0 saturated carbocycles. The van der Waals surface area contributed by atoms with Crippen molar-refractivity contribution in [2.75, 3.05) is 0 Å². The van der Waals surface area contributed by atoms with Gasteiger partial charge in [0.15, 0.2) is 0 Å². The molecule has 0 saturated heterocycles. The Morgan fingerprint density at radius 1 is 0.700 bits per heavy atom. The minimum absolute atomic E-state index is 1.17. The molecular formula is C20H18. The molecule has 3 aromatic rings. The summed E-state index contributed by atoms with van der Waals surface area (Å²) in [7, 11) is 0. The largest absolute Gasteiger partial charge is 0.0985 e. The zero-order valence-corrected chi connectivity index (χ0v) is 11.5. The van der Waals surface area contributed by atoms with Crippen LogP contribution >= 0.6 is 0 Å². The van der Waals surface area contributed by atoms with Crippen LogP contribution in [0.4, 0.5) is 0 Å². The first-order valence-corrected chi connectivity index (χ1v) is 7.05. The van der Waals surface area contributed by atoms with E-state index in [1.54, 1.807) is 0 Å². The Kier molecular flexibility index (Phi) is 3.64. The molecule has 0 nitrogen and oxygen atoms in total. The Labute approximate surface area is 120 Å². The number of rotatable bonds is 1. The van der Waals surface area contributed by atoms with Gasteiger partial charge in [-0.25, -0.2) is 0 Å². The summed E-state index contributed by atoms with van der Waals surface area (Å²) >= 11 is 0. The molecule has 0 unspecified atom stereocenters. The van der Waals surface area contributed by atoms with E-state index in [4.69, 9.17) is 0 Å². The second-order valence-electron chi connectivity index (χ2n) is 5.05. The fourth-order valence-corrected chi connectivity index (χ4v) is 2.78. The van der Waals surface area contributed by atoms with Gasteiger partial charge in [0.25, 0.3) is 0 Å². The standard InChI is InChI=1S/C12H10.C8H8/c1-3-9-4-2-6-11-8-7-10(5-1)12(9)11;1-2-8-6-4-3-5-7-8/h1-6H,7-8H2;2-7H,1H2. The van der Waals surface area contributed by atoms with Crippen LogP contribution in [0.5, 0.6) is 0 Å². The Morgan fingerprint density at radius 3 is 1.80 bits per heavy atom. The number of hydrogen-bond acceptors (Lipinski definition) is 0. The molecule has 0 spiro atoms. The lowest BCUT2D eigenvalue weighted by molar-refractivity contribution is 1.02. The zero-order chi connectivity index (χ0) is 13.8. The van der Waals surface area contributed by atoms with Crippen LogP contribution in [-0.2, 0) is 12.8 Å². The van der Waals surface area contributed by atoms with E-state index >= 15 is 0 Å². The number of benzene rings is 3. The van der Waals surface area contributed by atoms with E-state index in [0.29, 0.717) is 0 Å². The van der Waals surface area contributed by atoms with Crippen molar-refractivity contribution in [2.45, 2.75) is 12.8 Å². The zero-order valence-electron chi connectivity index (χ0n) is 11.5. The highest BCUT2D eigenvalue weighted by Crippen LogP contribution is 2.29. The van der Waals surface area contributed by atoms with Crippen LogP contribution < -0.4 is 0 Å². The summed E-state index contributed by atoms with van der Waals surface area (Å²) in [5, 5.41) is 2.92. The maximum atomic E-state index is 3.63. The molecule has 20 heavy (non-hydrogen) atoms. The Morgan fingerprint density at radius 2 is 1.30 bits per heavy atom. The number of aryl methyl sites for hydroxylation is 2. The van der Waals surface area contributed by atoms with Crippen molar-refractivity contribution in [1.82, 2.24) is 0 Å². The Hall–Kier alpha value is -2.34. The van der Waals surface area contributed by atoms with Crippen molar-refractivity contribution in [1.29, 1.82) is 0 Å². The van der Waals surface area contributed by atoms with E-state index in [-0.39, 0.29) is 0 Å². The van der Waals surface area contributed by atoms with Crippen molar-refractivity contribution >= 4 is 16.8 Å². The highest BCUT2D eigenvalue weighted by molar-refractivity contribution is 5.90. The minimum atomic E-state index is 1.17. The van der Waals surface area contributed by atoms with Crippen LogP contribution in [-0.4, -0.2) is 0 Å². The molecule has 1 aliphatic carbocycles. The molecule has 0 N–H and O–H groups in total. The summed E-state index contributed by atoms with van der Waals surface area (Å²) in [4.78, 5) is 0. The molecule has 0 aromatic heterocycles. The summed E-state index contributed by atoms with van der Waals surface area (Å²) in [6.45, 7) is 3.63. The Balaban J connectivity index is 0.000000133. The van der Waals surface area contributed by atoms with E-state index < -0.39 is 0 Å². The maximum absolute atomic E-state index is 3.63. The van der Waals surface area contributed by atoms with Crippen LogP contribution in [0.3, 0.4) is 0 Å². The third-order valence-corrected chi connectivity index (χ3v) is 3.78. The third kappa shape index (κ3) is 2.50. The first-order valence-electron chi connectivity index (χ1n) is 7.05. The monoisotopic (exact) mass is 258 g/mol. The van der Waals surface area contributed by atoms with E-state index in [1.165, 1.54) is 40.3 Å². The summed E-state index contributed by atoms with van der Waals surface area (Å²) in [5.74, 6) is 0. The van der Waals surface area contributed by atoms with Crippen LogP contribution in [0.1, 0.15) is 16.7 Å². The molecule has 0 heterocycles. The van der Waals surface area contributed by atoms with E-state index in [0.717, 1.165) is 0 Å². The summed E-state index contributed by atoms with van der Waals surface area (Å²) < 4.78 is 0. The highest BCUT2D eigenvalue weighted by atomic mass is 14.2. The fourth-order valence-electron chi connectivity index (χ4n) is 2.78. The average Bonchev–Trinajstić information content (AvgIpc) is 2.95. The van der Waals surface area contributed by atoms with Crippen molar-refractivity contribution in [2.24, 2.45) is 0 Å². The topological polar surface area (TPSA) is 0 Å². The van der Waals surface area contributed by atoms with Crippen molar-refractivity contribution in [3.8, 4) is 0 Å². The molecule has 0 aliphatic heterocycles. The van der Waals surface area contributed by atoms with Crippen LogP contribution in [0, 0.1) is 0 Å². The lowest BCUT2D eigenvalue weighted by atomic mass is 10.1. The molecule has 3 aromatic carbocycles. The molecule has 0 heteroatoms. The second kappa shape index (κ2) is 5.75. The van der Waals surface area contributed by atoms with Gasteiger partial charge in [-0.3, -0.25) is 0 Å². The maximum Gasteiger partial charge on any atom is -0.0120 e. The molecule has 0 bridgehead atoms. The molecule has 4 rings (SSSR count). The molecule has 0 amide bonds. The average molecular weight is 258 g/mol. The van der Waals surface area contributed by atoms with Gasteiger partial charge in [-0.15, -0.1) is 0 Å². The van der Waals surface area contributed by atoms with Gasteiger partial charge in [-0.1, -0.05) is 79.4 Å². The van der Waals surface area contributed by atoms with E-state index in [2.05, 4.69) is 43.0 Å². The first-order chi connectivity index (χ1) is 9.88. The quantitative estimate of drug-likeness (QED) is 0.558. The normalized spacial score (nSPS) is 11.8. The summed E-state index contributed by atoms with van der Waals surface area (Å²) in [6.07, 6.45) is 4.30. The van der Waals surface area contributed by atoms with Gasteiger partial charge in [0.1, 0.15) is 0 Å². The lowest BCUT2D eigenvalue weighted by Crippen LogP contribution is -1.76. The second-order valence-corrected chi connectivity index (χ2v) is 5.05. The lowest BCUT2D eigenvalue weighted by Gasteiger charge is -1.99. The van der Waals surface area contributed by atoms with Crippen molar-refractivity contribution < 1.29 is 0 Å². The van der Waals surface area contributed by atoms with Gasteiger partial charge in [0.05, 0.1) is 0 Å². The fraction of sp³-hybridized carbons (Fsp3) is 0.100. The molecule has 0 fully saturated rings. The summed E-state index contributed by atoms with van der Waals surface area (Å²) in [6, 6.07) is 23.2. The SMILES string of the molecule is C=Cc1ccccc1.c1cc2c3c(cccc3c1)CC2. The van der Waals surface area contributed by atoms with Crippen molar-refractivity contribution in [3.63, 3.8) is 0 Å². The molecule has 0 radical (unpaired) electrons. The van der Waals surface area contributed by atoms with E-state index in [1.807, 2.05) is 36.4 Å².